The van der Waals surface area contributed by atoms with Gasteiger partial charge in [-0.2, -0.15) is 13.2 Å². The third kappa shape index (κ3) is 4.76. The molecule has 1 aliphatic carbocycles. The standard InChI is InChI=1S/C14H18ClF3N2O2S.ClH/c15-11-7-3-6-10(14(16,17)18)13(11)23(21,22)20-12(8-19)9-4-1-2-5-9;/h3,6-7,9,12,20H,1-2,4-5,8,19H2;1H. The van der Waals surface area contributed by atoms with Crippen LogP contribution in [0.25, 0.3) is 0 Å². The molecular weight excluding hydrogens is 388 g/mol. The molecule has 4 nitrogen and oxygen atoms in total. The number of nitrogens with one attached hydrogen (secondary N) is 1. The largest absolute Gasteiger partial charge is 0.417 e. The Balaban J connectivity index is 0.00000288. The molecule has 0 aliphatic heterocycles. The highest BCUT2D eigenvalue weighted by molar-refractivity contribution is 7.89. The van der Waals surface area contributed by atoms with Crippen molar-refractivity contribution in [1.82, 2.24) is 4.72 Å². The van der Waals surface area contributed by atoms with Gasteiger partial charge in [-0.3, -0.25) is 0 Å². The monoisotopic (exact) mass is 406 g/mol. The van der Waals surface area contributed by atoms with E-state index in [1.54, 1.807) is 0 Å². The minimum absolute atomic E-state index is 0. The average molecular weight is 407 g/mol. The molecule has 1 atom stereocenters. The SMILES string of the molecule is Cl.NCC(NS(=O)(=O)c1c(Cl)cccc1C(F)(F)F)C1CCCC1. The van der Waals surface area contributed by atoms with E-state index in [4.69, 9.17) is 17.3 Å². The van der Waals surface area contributed by atoms with Gasteiger partial charge in [0.2, 0.25) is 10.0 Å². The average Bonchev–Trinajstić information content (AvgIpc) is 2.97. The quantitative estimate of drug-likeness (QED) is 0.784. The van der Waals surface area contributed by atoms with Crippen LogP contribution in [0.15, 0.2) is 23.1 Å². The molecule has 2 rings (SSSR count). The van der Waals surface area contributed by atoms with Gasteiger partial charge in [0, 0.05) is 12.6 Å². The van der Waals surface area contributed by atoms with Crippen molar-refractivity contribution >= 4 is 34.0 Å². The smallest absolute Gasteiger partial charge is 0.329 e. The Hall–Kier alpha value is -0.540. The van der Waals surface area contributed by atoms with Gasteiger partial charge in [0.05, 0.1) is 10.6 Å². The van der Waals surface area contributed by atoms with Crippen LogP contribution in [0.3, 0.4) is 0 Å². The van der Waals surface area contributed by atoms with Crippen LogP contribution >= 0.6 is 24.0 Å². The van der Waals surface area contributed by atoms with Gasteiger partial charge in [-0.25, -0.2) is 13.1 Å². The van der Waals surface area contributed by atoms with Crippen LogP contribution in [-0.4, -0.2) is 21.0 Å². The van der Waals surface area contributed by atoms with E-state index in [0.29, 0.717) is 6.07 Å². The van der Waals surface area contributed by atoms with Crippen LogP contribution in [-0.2, 0) is 16.2 Å². The Bertz CT molecular complexity index is 662. The highest BCUT2D eigenvalue weighted by atomic mass is 35.5. The number of sulfonamides is 1. The molecule has 3 N–H and O–H groups in total. The van der Waals surface area contributed by atoms with E-state index in [0.717, 1.165) is 37.8 Å². The summed E-state index contributed by atoms with van der Waals surface area (Å²) in [4.78, 5) is -0.939. The molecule has 0 amide bonds. The maximum absolute atomic E-state index is 13.1. The third-order valence-electron chi connectivity index (χ3n) is 4.07. The highest BCUT2D eigenvalue weighted by Gasteiger charge is 2.39. The lowest BCUT2D eigenvalue weighted by Crippen LogP contribution is -2.45. The van der Waals surface area contributed by atoms with Crippen molar-refractivity contribution in [3.05, 3.63) is 28.8 Å². The highest BCUT2D eigenvalue weighted by Crippen LogP contribution is 2.38. The van der Waals surface area contributed by atoms with E-state index in [1.807, 2.05) is 0 Å². The fourth-order valence-electron chi connectivity index (χ4n) is 2.96. The van der Waals surface area contributed by atoms with E-state index in [2.05, 4.69) is 4.72 Å². The number of hydrogen-bond acceptors (Lipinski definition) is 3. The Kier molecular flexibility index (Phi) is 7.37. The van der Waals surface area contributed by atoms with Crippen molar-refractivity contribution in [3.63, 3.8) is 0 Å². The van der Waals surface area contributed by atoms with Crippen LogP contribution in [0.2, 0.25) is 5.02 Å². The van der Waals surface area contributed by atoms with Crippen LogP contribution < -0.4 is 10.5 Å². The summed E-state index contributed by atoms with van der Waals surface area (Å²) >= 11 is 5.76. The van der Waals surface area contributed by atoms with Crippen LogP contribution in [0.1, 0.15) is 31.2 Å². The molecule has 138 valence electrons. The van der Waals surface area contributed by atoms with E-state index in [1.165, 1.54) is 0 Å². The summed E-state index contributed by atoms with van der Waals surface area (Å²) in [5.74, 6) is 0.0339. The van der Waals surface area contributed by atoms with Gasteiger partial charge in [0.25, 0.3) is 0 Å². The summed E-state index contributed by atoms with van der Waals surface area (Å²) < 4.78 is 66.6. The lowest BCUT2D eigenvalue weighted by molar-refractivity contribution is -0.139. The molecule has 1 unspecified atom stereocenters. The van der Waals surface area contributed by atoms with E-state index < -0.39 is 37.7 Å². The molecule has 0 bridgehead atoms. The van der Waals surface area contributed by atoms with Crippen molar-refractivity contribution in [2.24, 2.45) is 11.7 Å². The number of hydrogen-bond donors (Lipinski definition) is 2. The number of halogens is 5. The van der Waals surface area contributed by atoms with Gasteiger partial charge < -0.3 is 5.73 Å². The predicted molar refractivity (Wildman–Crippen MR) is 88.8 cm³/mol. The lowest BCUT2D eigenvalue weighted by atomic mass is 9.99. The van der Waals surface area contributed by atoms with Gasteiger partial charge in [0.15, 0.2) is 0 Å². The molecule has 0 heterocycles. The fraction of sp³-hybridized carbons (Fsp3) is 0.571. The zero-order chi connectivity index (χ0) is 17.3. The molecule has 0 radical (unpaired) electrons. The second-order valence-corrected chi connectivity index (χ2v) is 7.68. The topological polar surface area (TPSA) is 72.2 Å². The Morgan fingerprint density at radius 3 is 2.38 bits per heavy atom. The number of benzene rings is 1. The molecule has 0 saturated heterocycles. The van der Waals surface area contributed by atoms with Crippen molar-refractivity contribution in [2.45, 2.75) is 42.8 Å². The summed E-state index contributed by atoms with van der Waals surface area (Å²) in [7, 11) is -4.44. The third-order valence-corrected chi connectivity index (χ3v) is 6.09. The molecule has 0 spiro atoms. The molecule has 24 heavy (non-hydrogen) atoms. The lowest BCUT2D eigenvalue weighted by Gasteiger charge is -2.24. The van der Waals surface area contributed by atoms with Crippen molar-refractivity contribution in [2.75, 3.05) is 6.54 Å². The van der Waals surface area contributed by atoms with Gasteiger partial charge in [-0.05, 0) is 30.9 Å². The van der Waals surface area contributed by atoms with Gasteiger partial charge >= 0.3 is 6.18 Å². The van der Waals surface area contributed by atoms with Crippen molar-refractivity contribution in [1.29, 1.82) is 0 Å². The zero-order valence-electron chi connectivity index (χ0n) is 12.6. The number of rotatable bonds is 5. The first-order chi connectivity index (χ1) is 10.7. The first-order valence-corrected chi connectivity index (χ1v) is 9.11. The van der Waals surface area contributed by atoms with Gasteiger partial charge in [-0.1, -0.05) is 30.5 Å². The second-order valence-electron chi connectivity index (χ2n) is 5.62. The molecule has 1 saturated carbocycles. The second kappa shape index (κ2) is 8.23. The summed E-state index contributed by atoms with van der Waals surface area (Å²) in [5, 5.41) is -0.463. The van der Waals surface area contributed by atoms with Crippen LogP contribution in [0.5, 0.6) is 0 Å². The van der Waals surface area contributed by atoms with Crippen LogP contribution in [0.4, 0.5) is 13.2 Å². The molecule has 1 fully saturated rings. The molecule has 1 aliphatic rings. The maximum atomic E-state index is 13.1. The summed E-state index contributed by atoms with van der Waals surface area (Å²) in [6, 6.07) is 2.30. The summed E-state index contributed by atoms with van der Waals surface area (Å²) in [5.41, 5.74) is 4.34. The molecular formula is C14H19Cl2F3N2O2S. The minimum Gasteiger partial charge on any atom is -0.329 e. The zero-order valence-corrected chi connectivity index (χ0v) is 15.0. The molecule has 0 aromatic heterocycles. The fourth-order valence-corrected chi connectivity index (χ4v) is 5.04. The Labute approximate surface area is 150 Å². The predicted octanol–water partition coefficient (Wildman–Crippen LogP) is 3.58. The van der Waals surface area contributed by atoms with Gasteiger partial charge in [-0.15, -0.1) is 12.4 Å². The summed E-state index contributed by atoms with van der Waals surface area (Å²) in [6.45, 7) is 0.0235. The molecule has 10 heteroatoms. The molecule has 1 aromatic carbocycles. The van der Waals surface area contributed by atoms with E-state index >= 15 is 0 Å². The molecule has 1 aromatic rings. The normalized spacial score (nSPS) is 17.5. The maximum Gasteiger partial charge on any atom is 0.417 e. The van der Waals surface area contributed by atoms with Crippen molar-refractivity contribution < 1.29 is 21.6 Å². The first kappa shape index (κ1) is 21.5. The van der Waals surface area contributed by atoms with Crippen molar-refractivity contribution in [3.8, 4) is 0 Å². The van der Waals surface area contributed by atoms with Gasteiger partial charge in [0.1, 0.15) is 4.90 Å². The number of alkyl halides is 3. The van der Waals surface area contributed by atoms with E-state index in [9.17, 15) is 21.6 Å². The minimum atomic E-state index is -4.82. The number of nitrogens with two attached hydrogens (primary N) is 1. The Morgan fingerprint density at radius 1 is 1.29 bits per heavy atom. The summed E-state index contributed by atoms with van der Waals surface area (Å²) in [6.07, 6.45) is -1.29. The van der Waals surface area contributed by atoms with E-state index in [-0.39, 0.29) is 24.9 Å². The Morgan fingerprint density at radius 2 is 1.88 bits per heavy atom. The first-order valence-electron chi connectivity index (χ1n) is 7.25. The van der Waals surface area contributed by atoms with Crippen LogP contribution in [0, 0.1) is 5.92 Å².